The van der Waals surface area contributed by atoms with Crippen LogP contribution in [0, 0.1) is 17.8 Å². The number of nitrogens with two attached hydrogens (primary N) is 1. The smallest absolute Gasteiger partial charge is 0.253 e. The molecule has 6 nitrogen and oxygen atoms in total. The van der Waals surface area contributed by atoms with E-state index in [4.69, 9.17) is 10.5 Å². The first-order valence-corrected chi connectivity index (χ1v) is 10.5. The first kappa shape index (κ1) is 19.2. The van der Waals surface area contributed by atoms with Crippen LogP contribution in [-0.2, 0) is 4.79 Å². The number of ether oxygens (including phenoxy) is 1. The lowest BCUT2D eigenvalue weighted by molar-refractivity contribution is -0.140. The summed E-state index contributed by atoms with van der Waals surface area (Å²) in [6.45, 7) is 2.43. The summed E-state index contributed by atoms with van der Waals surface area (Å²) in [5.74, 6) is 2.19. The van der Waals surface area contributed by atoms with E-state index in [0.29, 0.717) is 43.6 Å². The molecule has 2 bridgehead atoms. The van der Waals surface area contributed by atoms with Crippen LogP contribution in [0.4, 0.5) is 0 Å². The molecule has 6 heteroatoms. The van der Waals surface area contributed by atoms with Crippen LogP contribution >= 0.6 is 0 Å². The van der Waals surface area contributed by atoms with Gasteiger partial charge in [-0.2, -0.15) is 0 Å². The third-order valence-corrected chi connectivity index (χ3v) is 6.98. The van der Waals surface area contributed by atoms with Gasteiger partial charge < -0.3 is 20.3 Å². The fraction of sp³-hybridized carbons (Fsp3) is 0.636. The lowest BCUT2D eigenvalue weighted by atomic mass is 9.65. The zero-order valence-corrected chi connectivity index (χ0v) is 16.7. The molecule has 1 aromatic carbocycles. The Bertz CT molecular complexity index is 698. The second kappa shape index (κ2) is 8.11. The molecule has 2 atom stereocenters. The van der Waals surface area contributed by atoms with Gasteiger partial charge in [-0.3, -0.25) is 9.59 Å². The number of rotatable bonds is 3. The molecule has 28 heavy (non-hydrogen) atoms. The highest BCUT2D eigenvalue weighted by Crippen LogP contribution is 2.42. The maximum atomic E-state index is 13.1. The molecule has 3 aliphatic rings. The van der Waals surface area contributed by atoms with Crippen LogP contribution < -0.4 is 10.5 Å². The SMILES string of the molecule is COc1ccc(C(=O)N2CCN(C(=O)C3CC4CCCC(C3)C4N)CC2)cc1. The van der Waals surface area contributed by atoms with Crippen molar-refractivity contribution < 1.29 is 14.3 Å². The maximum absolute atomic E-state index is 13.1. The van der Waals surface area contributed by atoms with Crippen molar-refractivity contribution in [2.75, 3.05) is 33.3 Å². The van der Waals surface area contributed by atoms with Crippen LogP contribution in [-0.4, -0.2) is 60.9 Å². The average molecular weight is 386 g/mol. The fourth-order valence-electron chi connectivity index (χ4n) is 5.30. The van der Waals surface area contributed by atoms with Gasteiger partial charge in [0.15, 0.2) is 0 Å². The zero-order chi connectivity index (χ0) is 19.7. The van der Waals surface area contributed by atoms with Gasteiger partial charge in [0.05, 0.1) is 7.11 Å². The van der Waals surface area contributed by atoms with E-state index >= 15 is 0 Å². The highest BCUT2D eigenvalue weighted by Gasteiger charge is 2.42. The quantitative estimate of drug-likeness (QED) is 0.865. The Labute approximate surface area is 167 Å². The Kier molecular flexibility index (Phi) is 5.58. The van der Waals surface area contributed by atoms with Gasteiger partial charge >= 0.3 is 0 Å². The highest BCUT2D eigenvalue weighted by atomic mass is 16.5. The number of hydrogen-bond acceptors (Lipinski definition) is 4. The predicted molar refractivity (Wildman–Crippen MR) is 107 cm³/mol. The predicted octanol–water partition coefficient (Wildman–Crippen LogP) is 2.13. The van der Waals surface area contributed by atoms with Crippen LogP contribution in [0.5, 0.6) is 5.75 Å². The molecule has 3 fully saturated rings. The fourth-order valence-corrected chi connectivity index (χ4v) is 5.30. The van der Waals surface area contributed by atoms with E-state index in [0.717, 1.165) is 18.6 Å². The standard InChI is InChI=1S/C22H31N3O3/c1-28-19-7-5-15(6-8-19)21(26)24-9-11-25(12-10-24)22(27)18-13-16-3-2-4-17(14-18)20(16)23/h5-8,16-18,20H,2-4,9-14,23H2,1H3. The molecule has 152 valence electrons. The van der Waals surface area contributed by atoms with Crippen molar-refractivity contribution in [3.05, 3.63) is 29.8 Å². The zero-order valence-electron chi connectivity index (χ0n) is 16.7. The van der Waals surface area contributed by atoms with Crippen molar-refractivity contribution in [1.82, 2.24) is 9.80 Å². The van der Waals surface area contributed by atoms with Crippen LogP contribution in [0.3, 0.4) is 0 Å². The lowest BCUT2D eigenvalue weighted by Crippen LogP contribution is -2.54. The minimum absolute atomic E-state index is 0.0212. The number of carbonyl (C=O) groups is 2. The van der Waals surface area contributed by atoms with E-state index in [1.807, 2.05) is 9.80 Å². The molecule has 0 radical (unpaired) electrons. The normalized spacial score (nSPS) is 30.1. The molecule has 1 aliphatic heterocycles. The number of amides is 2. The minimum atomic E-state index is 0.0212. The number of benzene rings is 1. The van der Waals surface area contributed by atoms with Crippen LogP contribution in [0.15, 0.2) is 24.3 Å². The monoisotopic (exact) mass is 385 g/mol. The Morgan fingerprint density at radius 1 is 0.964 bits per heavy atom. The van der Waals surface area contributed by atoms with Gasteiger partial charge in [-0.15, -0.1) is 0 Å². The topological polar surface area (TPSA) is 75.9 Å². The second-order valence-electron chi connectivity index (χ2n) is 8.54. The molecule has 2 saturated carbocycles. The Hall–Kier alpha value is -2.08. The molecule has 1 saturated heterocycles. The van der Waals surface area contributed by atoms with Crippen molar-refractivity contribution in [3.8, 4) is 5.75 Å². The van der Waals surface area contributed by atoms with Gasteiger partial charge in [0, 0.05) is 43.7 Å². The third kappa shape index (κ3) is 3.75. The Morgan fingerprint density at radius 3 is 2.11 bits per heavy atom. The van der Waals surface area contributed by atoms with Crippen LogP contribution in [0.25, 0.3) is 0 Å². The third-order valence-electron chi connectivity index (χ3n) is 6.98. The molecule has 2 N–H and O–H groups in total. The second-order valence-corrected chi connectivity index (χ2v) is 8.54. The molecular formula is C22H31N3O3. The van der Waals surface area contributed by atoms with E-state index in [2.05, 4.69) is 0 Å². The van der Waals surface area contributed by atoms with Crippen molar-refractivity contribution >= 4 is 11.8 Å². The first-order chi connectivity index (χ1) is 13.6. The maximum Gasteiger partial charge on any atom is 0.253 e. The van der Waals surface area contributed by atoms with Gasteiger partial charge in [0.1, 0.15) is 5.75 Å². The summed E-state index contributed by atoms with van der Waals surface area (Å²) in [5.41, 5.74) is 7.03. The molecule has 2 amide bonds. The number of nitrogens with zero attached hydrogens (tertiary/aromatic N) is 2. The van der Waals surface area contributed by atoms with Crippen molar-refractivity contribution in [1.29, 1.82) is 0 Å². The van der Waals surface area contributed by atoms with Gasteiger partial charge in [-0.25, -0.2) is 0 Å². The van der Waals surface area contributed by atoms with Gasteiger partial charge in [-0.1, -0.05) is 6.42 Å². The minimum Gasteiger partial charge on any atom is -0.497 e. The summed E-state index contributed by atoms with van der Waals surface area (Å²) in [4.78, 5) is 29.6. The van der Waals surface area contributed by atoms with E-state index < -0.39 is 0 Å². The summed E-state index contributed by atoms with van der Waals surface area (Å²) in [5, 5.41) is 0. The number of hydrogen-bond donors (Lipinski definition) is 1. The van der Waals surface area contributed by atoms with Crippen LogP contribution in [0.1, 0.15) is 42.5 Å². The summed E-state index contributed by atoms with van der Waals surface area (Å²) in [6, 6.07) is 7.48. The molecule has 2 unspecified atom stereocenters. The molecule has 0 aromatic heterocycles. The Balaban J connectivity index is 1.32. The van der Waals surface area contributed by atoms with E-state index in [1.165, 1.54) is 19.3 Å². The summed E-state index contributed by atoms with van der Waals surface area (Å²) in [7, 11) is 1.61. The summed E-state index contributed by atoms with van der Waals surface area (Å²) < 4.78 is 5.15. The van der Waals surface area contributed by atoms with E-state index in [9.17, 15) is 9.59 Å². The average Bonchev–Trinajstić information content (AvgIpc) is 2.73. The van der Waals surface area contributed by atoms with Crippen molar-refractivity contribution in [2.24, 2.45) is 23.5 Å². The van der Waals surface area contributed by atoms with Gasteiger partial charge in [0.25, 0.3) is 5.91 Å². The molecule has 0 spiro atoms. The van der Waals surface area contributed by atoms with Crippen molar-refractivity contribution in [3.63, 3.8) is 0 Å². The van der Waals surface area contributed by atoms with E-state index in [1.54, 1.807) is 31.4 Å². The molecule has 1 heterocycles. The lowest BCUT2D eigenvalue weighted by Gasteiger charge is -2.45. The summed E-state index contributed by atoms with van der Waals surface area (Å²) in [6.07, 6.45) is 5.50. The number of piperazine rings is 1. The van der Waals surface area contributed by atoms with Crippen LogP contribution in [0.2, 0.25) is 0 Å². The Morgan fingerprint density at radius 2 is 1.54 bits per heavy atom. The molecule has 4 rings (SSSR count). The van der Waals surface area contributed by atoms with Crippen molar-refractivity contribution in [2.45, 2.75) is 38.1 Å². The molecule has 2 aliphatic carbocycles. The number of fused-ring (bicyclic) bond motifs is 2. The largest absolute Gasteiger partial charge is 0.497 e. The molecule has 1 aromatic rings. The van der Waals surface area contributed by atoms with E-state index in [-0.39, 0.29) is 23.8 Å². The van der Waals surface area contributed by atoms with Gasteiger partial charge in [0.2, 0.25) is 5.91 Å². The first-order valence-electron chi connectivity index (χ1n) is 10.5. The number of carbonyl (C=O) groups excluding carboxylic acids is 2. The highest BCUT2D eigenvalue weighted by molar-refractivity contribution is 5.94. The summed E-state index contributed by atoms with van der Waals surface area (Å²) >= 11 is 0. The van der Waals surface area contributed by atoms with Gasteiger partial charge in [-0.05, 0) is 61.8 Å². The molecular weight excluding hydrogens is 354 g/mol. The number of methoxy groups -OCH3 is 1.